The lowest BCUT2D eigenvalue weighted by Gasteiger charge is -2.09. The number of nitrogens with one attached hydrogen (secondary N) is 1. The highest BCUT2D eigenvalue weighted by Gasteiger charge is 2.05. The van der Waals surface area contributed by atoms with Gasteiger partial charge in [-0.25, -0.2) is 4.98 Å². The zero-order valence-electron chi connectivity index (χ0n) is 10.7. The van der Waals surface area contributed by atoms with E-state index in [9.17, 15) is 0 Å². The Morgan fingerprint density at radius 2 is 2.00 bits per heavy atom. The van der Waals surface area contributed by atoms with Crippen LogP contribution in [0.25, 0.3) is 0 Å². The summed E-state index contributed by atoms with van der Waals surface area (Å²) >= 11 is 4.88. The molecule has 0 amide bonds. The number of ether oxygens (including phenoxy) is 1. The largest absolute Gasteiger partial charge is 0.439 e. The summed E-state index contributed by atoms with van der Waals surface area (Å²) in [5, 5.41) is 3.85. The SMILES string of the molecule is CCNc1cc(Oc2ccc(Br)cc2)nc(SC)n1. The first-order valence-electron chi connectivity index (χ1n) is 5.81. The predicted molar refractivity (Wildman–Crippen MR) is 82.2 cm³/mol. The minimum absolute atomic E-state index is 0.539. The average molecular weight is 340 g/mol. The molecule has 0 spiro atoms. The van der Waals surface area contributed by atoms with Gasteiger partial charge in [0.05, 0.1) is 0 Å². The minimum Gasteiger partial charge on any atom is -0.439 e. The Morgan fingerprint density at radius 1 is 1.26 bits per heavy atom. The van der Waals surface area contributed by atoms with Gasteiger partial charge < -0.3 is 10.1 Å². The van der Waals surface area contributed by atoms with E-state index < -0.39 is 0 Å². The molecule has 0 aliphatic rings. The summed E-state index contributed by atoms with van der Waals surface area (Å²) in [7, 11) is 0. The topological polar surface area (TPSA) is 47.0 Å². The number of hydrogen-bond donors (Lipinski definition) is 1. The molecule has 0 aliphatic heterocycles. The summed E-state index contributed by atoms with van der Waals surface area (Å²) in [6, 6.07) is 9.43. The molecule has 2 rings (SSSR count). The second-order valence-corrected chi connectivity index (χ2v) is 5.35. The highest BCUT2D eigenvalue weighted by molar-refractivity contribution is 9.10. The van der Waals surface area contributed by atoms with Gasteiger partial charge >= 0.3 is 0 Å². The van der Waals surface area contributed by atoms with Crippen LogP contribution in [0.4, 0.5) is 5.82 Å². The quantitative estimate of drug-likeness (QED) is 0.653. The number of rotatable bonds is 5. The lowest BCUT2D eigenvalue weighted by Crippen LogP contribution is -2.02. The molecule has 0 fully saturated rings. The molecule has 1 N–H and O–H groups in total. The normalized spacial score (nSPS) is 10.3. The zero-order valence-corrected chi connectivity index (χ0v) is 13.1. The number of nitrogens with zero attached hydrogens (tertiary/aromatic N) is 2. The Morgan fingerprint density at radius 3 is 2.63 bits per heavy atom. The molecule has 6 heteroatoms. The molecule has 0 aliphatic carbocycles. The molecule has 2 aromatic rings. The first-order chi connectivity index (χ1) is 9.21. The highest BCUT2D eigenvalue weighted by atomic mass is 79.9. The standard InChI is InChI=1S/C13H14BrN3OS/c1-3-15-11-8-12(17-13(16-11)19-2)18-10-6-4-9(14)5-7-10/h4-8H,3H2,1-2H3,(H,15,16,17). The van der Waals surface area contributed by atoms with Crippen LogP contribution in [0, 0.1) is 0 Å². The van der Waals surface area contributed by atoms with Crippen LogP contribution in [0.2, 0.25) is 0 Å². The van der Waals surface area contributed by atoms with Gasteiger partial charge in [-0.3, -0.25) is 0 Å². The number of halogens is 1. The van der Waals surface area contributed by atoms with Gasteiger partial charge in [-0.15, -0.1) is 0 Å². The van der Waals surface area contributed by atoms with Crippen molar-refractivity contribution in [2.45, 2.75) is 12.1 Å². The summed E-state index contributed by atoms with van der Waals surface area (Å²) in [6.07, 6.45) is 1.94. The maximum Gasteiger partial charge on any atom is 0.225 e. The van der Waals surface area contributed by atoms with E-state index in [4.69, 9.17) is 4.74 Å². The molecule has 0 bridgehead atoms. The first kappa shape index (κ1) is 14.1. The molecular weight excluding hydrogens is 326 g/mol. The summed E-state index contributed by atoms with van der Waals surface area (Å²) in [6.45, 7) is 2.83. The fraction of sp³-hybridized carbons (Fsp3) is 0.231. The summed E-state index contributed by atoms with van der Waals surface area (Å²) < 4.78 is 6.75. The van der Waals surface area contributed by atoms with Crippen LogP contribution >= 0.6 is 27.7 Å². The van der Waals surface area contributed by atoms with Crippen molar-refractivity contribution in [2.24, 2.45) is 0 Å². The van der Waals surface area contributed by atoms with Gasteiger partial charge in [0.15, 0.2) is 5.16 Å². The third kappa shape index (κ3) is 4.11. The van der Waals surface area contributed by atoms with Crippen molar-refractivity contribution >= 4 is 33.5 Å². The maximum absolute atomic E-state index is 5.74. The van der Waals surface area contributed by atoms with Crippen molar-refractivity contribution in [1.29, 1.82) is 0 Å². The van der Waals surface area contributed by atoms with E-state index in [1.54, 1.807) is 6.07 Å². The molecule has 19 heavy (non-hydrogen) atoms. The van der Waals surface area contributed by atoms with Crippen LogP contribution in [0.1, 0.15) is 6.92 Å². The first-order valence-corrected chi connectivity index (χ1v) is 7.83. The number of thioether (sulfide) groups is 1. The molecule has 1 heterocycles. The van der Waals surface area contributed by atoms with E-state index in [2.05, 4.69) is 31.2 Å². The van der Waals surface area contributed by atoms with Crippen LogP contribution in [0.3, 0.4) is 0 Å². The lowest BCUT2D eigenvalue weighted by molar-refractivity contribution is 0.456. The van der Waals surface area contributed by atoms with Crippen molar-refractivity contribution in [3.63, 3.8) is 0 Å². The number of hydrogen-bond acceptors (Lipinski definition) is 5. The molecule has 0 saturated heterocycles. The van der Waals surface area contributed by atoms with Gasteiger partial charge in [-0.2, -0.15) is 4.98 Å². The van der Waals surface area contributed by atoms with Gasteiger partial charge in [0, 0.05) is 17.1 Å². The van der Waals surface area contributed by atoms with Crippen LogP contribution in [-0.4, -0.2) is 22.8 Å². The Labute approximate surface area is 125 Å². The van der Waals surface area contributed by atoms with Crippen LogP contribution in [0.15, 0.2) is 40.0 Å². The van der Waals surface area contributed by atoms with Crippen molar-refractivity contribution in [2.75, 3.05) is 18.1 Å². The Balaban J connectivity index is 2.23. The van der Waals surface area contributed by atoms with Gasteiger partial charge in [0.25, 0.3) is 0 Å². The summed E-state index contributed by atoms with van der Waals surface area (Å²) in [5.41, 5.74) is 0. The second kappa shape index (κ2) is 6.77. The Kier molecular flexibility index (Phi) is 5.04. The summed E-state index contributed by atoms with van der Waals surface area (Å²) in [4.78, 5) is 8.68. The second-order valence-electron chi connectivity index (χ2n) is 3.66. The van der Waals surface area contributed by atoms with Crippen molar-refractivity contribution in [1.82, 2.24) is 9.97 Å². The number of benzene rings is 1. The van der Waals surface area contributed by atoms with E-state index in [1.807, 2.05) is 37.4 Å². The van der Waals surface area contributed by atoms with Crippen molar-refractivity contribution in [3.8, 4) is 11.6 Å². The average Bonchev–Trinajstić information content (AvgIpc) is 2.41. The smallest absolute Gasteiger partial charge is 0.225 e. The van der Waals surface area contributed by atoms with Gasteiger partial charge in [-0.05, 0) is 37.4 Å². The van der Waals surface area contributed by atoms with E-state index >= 15 is 0 Å². The molecule has 100 valence electrons. The molecule has 1 aromatic heterocycles. The van der Waals surface area contributed by atoms with E-state index in [0.717, 1.165) is 22.6 Å². The van der Waals surface area contributed by atoms with E-state index in [0.29, 0.717) is 11.0 Å². The molecule has 1 aromatic carbocycles. The Bertz CT molecular complexity index is 548. The molecule has 0 unspecified atom stereocenters. The van der Waals surface area contributed by atoms with Crippen LogP contribution in [-0.2, 0) is 0 Å². The third-order valence-electron chi connectivity index (χ3n) is 2.26. The van der Waals surface area contributed by atoms with Crippen LogP contribution in [0.5, 0.6) is 11.6 Å². The zero-order chi connectivity index (χ0) is 13.7. The molecule has 0 atom stereocenters. The number of anilines is 1. The Hall–Kier alpha value is -1.27. The molecule has 0 saturated carbocycles. The van der Waals surface area contributed by atoms with Gasteiger partial charge in [0.1, 0.15) is 11.6 Å². The van der Waals surface area contributed by atoms with E-state index in [1.165, 1.54) is 11.8 Å². The predicted octanol–water partition coefficient (Wildman–Crippen LogP) is 4.19. The molecular formula is C13H14BrN3OS. The summed E-state index contributed by atoms with van der Waals surface area (Å²) in [5.74, 6) is 2.06. The lowest BCUT2D eigenvalue weighted by atomic mass is 10.3. The highest BCUT2D eigenvalue weighted by Crippen LogP contribution is 2.25. The van der Waals surface area contributed by atoms with Crippen LogP contribution < -0.4 is 10.1 Å². The van der Waals surface area contributed by atoms with Gasteiger partial charge in [0.2, 0.25) is 5.88 Å². The fourth-order valence-corrected chi connectivity index (χ4v) is 2.08. The maximum atomic E-state index is 5.74. The van der Waals surface area contributed by atoms with E-state index in [-0.39, 0.29) is 0 Å². The third-order valence-corrected chi connectivity index (χ3v) is 3.34. The number of aromatic nitrogens is 2. The minimum atomic E-state index is 0.539. The monoisotopic (exact) mass is 339 g/mol. The van der Waals surface area contributed by atoms with Crippen molar-refractivity contribution < 1.29 is 4.74 Å². The van der Waals surface area contributed by atoms with Gasteiger partial charge in [-0.1, -0.05) is 27.7 Å². The fourth-order valence-electron chi connectivity index (χ4n) is 1.44. The molecule has 0 radical (unpaired) electrons. The van der Waals surface area contributed by atoms with Crippen molar-refractivity contribution in [3.05, 3.63) is 34.8 Å². The molecule has 4 nitrogen and oxygen atoms in total.